The van der Waals surface area contributed by atoms with Crippen LogP contribution in [0, 0.1) is 5.92 Å². The van der Waals surface area contributed by atoms with Gasteiger partial charge in [-0.25, -0.2) is 0 Å². The maximum atomic E-state index is 12.3. The molecule has 4 heteroatoms. The molecule has 0 heterocycles. The zero-order valence-corrected chi connectivity index (χ0v) is 12.0. The Hall–Kier alpha value is -2.36. The fourth-order valence-corrected chi connectivity index (χ4v) is 2.02. The number of nitrogens with zero attached hydrogens (tertiary/aromatic N) is 1. The third kappa shape index (κ3) is 4.05. The first kappa shape index (κ1) is 15.0. The summed E-state index contributed by atoms with van der Waals surface area (Å²) in [6, 6.07) is 6.97. The molecule has 1 aromatic carbocycles. The highest BCUT2D eigenvalue weighted by Gasteiger charge is 2.29. The lowest BCUT2D eigenvalue weighted by molar-refractivity contribution is -0.117. The van der Waals surface area contributed by atoms with E-state index in [4.69, 9.17) is 0 Å². The molecule has 1 aliphatic rings. The maximum absolute atomic E-state index is 12.3. The third-order valence-corrected chi connectivity index (χ3v) is 3.33. The van der Waals surface area contributed by atoms with Crippen LogP contribution < -0.4 is 5.32 Å². The van der Waals surface area contributed by atoms with Crippen molar-refractivity contribution in [2.45, 2.75) is 12.8 Å². The van der Waals surface area contributed by atoms with Gasteiger partial charge in [-0.15, -0.1) is 13.2 Å². The number of nitrogens with one attached hydrogen (secondary N) is 1. The van der Waals surface area contributed by atoms with E-state index in [1.807, 2.05) is 0 Å². The van der Waals surface area contributed by atoms with Crippen LogP contribution in [0.15, 0.2) is 49.6 Å². The van der Waals surface area contributed by atoms with Gasteiger partial charge >= 0.3 is 0 Å². The molecule has 0 saturated heterocycles. The Bertz CT molecular complexity index is 534. The molecule has 0 unspecified atom stereocenters. The van der Waals surface area contributed by atoms with Gasteiger partial charge in [0.25, 0.3) is 5.91 Å². The molecule has 4 nitrogen and oxygen atoms in total. The van der Waals surface area contributed by atoms with E-state index in [-0.39, 0.29) is 17.7 Å². The quantitative estimate of drug-likeness (QED) is 0.783. The van der Waals surface area contributed by atoms with Crippen molar-refractivity contribution in [2.24, 2.45) is 5.92 Å². The lowest BCUT2D eigenvalue weighted by atomic mass is 10.1. The summed E-state index contributed by atoms with van der Waals surface area (Å²) in [4.78, 5) is 25.6. The van der Waals surface area contributed by atoms with Crippen molar-refractivity contribution in [1.29, 1.82) is 0 Å². The van der Waals surface area contributed by atoms with Crippen LogP contribution in [0.3, 0.4) is 0 Å². The molecule has 0 spiro atoms. The molecule has 1 N–H and O–H groups in total. The molecule has 2 rings (SSSR count). The molecule has 0 radical (unpaired) electrons. The fourth-order valence-electron chi connectivity index (χ4n) is 2.02. The van der Waals surface area contributed by atoms with Gasteiger partial charge in [0.15, 0.2) is 0 Å². The van der Waals surface area contributed by atoms with E-state index in [0.29, 0.717) is 18.7 Å². The minimum absolute atomic E-state index is 0.0639. The highest BCUT2D eigenvalue weighted by Crippen LogP contribution is 2.30. The van der Waals surface area contributed by atoms with Crippen molar-refractivity contribution < 1.29 is 9.59 Å². The number of rotatable bonds is 7. The Kier molecular flexibility index (Phi) is 4.93. The number of carbonyl (C=O) groups is 2. The third-order valence-electron chi connectivity index (χ3n) is 3.33. The smallest absolute Gasteiger partial charge is 0.254 e. The van der Waals surface area contributed by atoms with Gasteiger partial charge in [-0.05, 0) is 37.1 Å². The molecule has 0 aliphatic heterocycles. The van der Waals surface area contributed by atoms with Gasteiger partial charge in [0.05, 0.1) is 0 Å². The molecule has 21 heavy (non-hydrogen) atoms. The first-order valence-electron chi connectivity index (χ1n) is 7.07. The van der Waals surface area contributed by atoms with Crippen LogP contribution in [0.2, 0.25) is 0 Å². The van der Waals surface area contributed by atoms with Gasteiger partial charge in [0, 0.05) is 30.3 Å². The van der Waals surface area contributed by atoms with Crippen molar-refractivity contribution >= 4 is 17.5 Å². The standard InChI is InChI=1S/C17H20N2O2/c1-3-11-19(12-4-2)17(21)14-7-9-15(10-8-14)18-16(20)13-5-6-13/h3-4,7-10,13H,1-2,5-6,11-12H2,(H,18,20). The van der Waals surface area contributed by atoms with Gasteiger partial charge in [-0.2, -0.15) is 0 Å². The molecule has 0 aromatic heterocycles. The molecular formula is C17H20N2O2. The second-order valence-corrected chi connectivity index (χ2v) is 5.13. The number of hydrogen-bond acceptors (Lipinski definition) is 2. The summed E-state index contributed by atoms with van der Waals surface area (Å²) in [6.07, 6.45) is 5.32. The first-order chi connectivity index (χ1) is 10.2. The summed E-state index contributed by atoms with van der Waals surface area (Å²) in [5.74, 6) is 0.158. The monoisotopic (exact) mass is 284 g/mol. The van der Waals surface area contributed by atoms with E-state index >= 15 is 0 Å². The van der Waals surface area contributed by atoms with Crippen molar-refractivity contribution in [3.8, 4) is 0 Å². The van der Waals surface area contributed by atoms with Crippen LogP contribution >= 0.6 is 0 Å². The van der Waals surface area contributed by atoms with Crippen LogP contribution in [0.1, 0.15) is 23.2 Å². The number of anilines is 1. The predicted molar refractivity (Wildman–Crippen MR) is 84.1 cm³/mol. The predicted octanol–water partition coefficient (Wildman–Crippen LogP) is 2.85. The summed E-state index contributed by atoms with van der Waals surface area (Å²) in [5.41, 5.74) is 1.31. The van der Waals surface area contributed by atoms with E-state index in [2.05, 4.69) is 18.5 Å². The summed E-state index contributed by atoms with van der Waals surface area (Å²) in [6.45, 7) is 8.26. The zero-order chi connectivity index (χ0) is 15.2. The fraction of sp³-hybridized carbons (Fsp3) is 0.294. The summed E-state index contributed by atoms with van der Waals surface area (Å²) in [7, 11) is 0. The number of carbonyl (C=O) groups excluding carboxylic acids is 2. The number of amides is 2. The van der Waals surface area contributed by atoms with Crippen molar-refractivity contribution in [1.82, 2.24) is 4.90 Å². The average molecular weight is 284 g/mol. The van der Waals surface area contributed by atoms with E-state index in [9.17, 15) is 9.59 Å². The minimum atomic E-state index is -0.0742. The molecule has 1 aliphatic carbocycles. The Balaban J connectivity index is 2.02. The molecule has 1 aromatic rings. The normalized spacial score (nSPS) is 13.3. The molecule has 1 fully saturated rings. The molecular weight excluding hydrogens is 264 g/mol. The molecule has 1 saturated carbocycles. The van der Waals surface area contributed by atoms with Gasteiger partial charge in [-0.1, -0.05) is 12.2 Å². The van der Waals surface area contributed by atoms with Crippen LogP contribution in [0.5, 0.6) is 0 Å². The zero-order valence-electron chi connectivity index (χ0n) is 12.0. The maximum Gasteiger partial charge on any atom is 0.254 e. The lowest BCUT2D eigenvalue weighted by Gasteiger charge is -2.19. The molecule has 110 valence electrons. The van der Waals surface area contributed by atoms with Gasteiger partial charge < -0.3 is 10.2 Å². The Morgan fingerprint density at radius 2 is 1.71 bits per heavy atom. The second-order valence-electron chi connectivity index (χ2n) is 5.13. The lowest BCUT2D eigenvalue weighted by Crippen LogP contribution is -2.31. The molecule has 0 atom stereocenters. The van der Waals surface area contributed by atoms with Crippen LogP contribution in [-0.4, -0.2) is 29.8 Å². The summed E-state index contributed by atoms with van der Waals surface area (Å²) in [5, 5.41) is 2.85. The van der Waals surface area contributed by atoms with Crippen molar-refractivity contribution in [3.63, 3.8) is 0 Å². The van der Waals surface area contributed by atoms with E-state index < -0.39 is 0 Å². The van der Waals surface area contributed by atoms with Gasteiger partial charge in [0.1, 0.15) is 0 Å². The first-order valence-corrected chi connectivity index (χ1v) is 7.07. The second kappa shape index (κ2) is 6.88. The number of hydrogen-bond donors (Lipinski definition) is 1. The van der Waals surface area contributed by atoms with E-state index in [0.717, 1.165) is 18.5 Å². The average Bonchev–Trinajstić information content (AvgIpc) is 3.32. The summed E-state index contributed by atoms with van der Waals surface area (Å²) < 4.78 is 0. The Morgan fingerprint density at radius 3 is 2.19 bits per heavy atom. The van der Waals surface area contributed by atoms with Crippen molar-refractivity contribution in [3.05, 3.63) is 55.1 Å². The SMILES string of the molecule is C=CCN(CC=C)C(=O)c1ccc(NC(=O)C2CC2)cc1. The van der Waals surface area contributed by atoms with Gasteiger partial charge in [-0.3, -0.25) is 9.59 Å². The highest BCUT2D eigenvalue weighted by molar-refractivity contribution is 5.96. The molecule has 2 amide bonds. The topological polar surface area (TPSA) is 49.4 Å². The number of benzene rings is 1. The minimum Gasteiger partial charge on any atom is -0.331 e. The Labute approximate surface area is 125 Å². The van der Waals surface area contributed by atoms with E-state index in [1.165, 1.54) is 0 Å². The van der Waals surface area contributed by atoms with Crippen LogP contribution in [-0.2, 0) is 4.79 Å². The van der Waals surface area contributed by atoms with Crippen LogP contribution in [0.4, 0.5) is 5.69 Å². The highest BCUT2D eigenvalue weighted by atomic mass is 16.2. The van der Waals surface area contributed by atoms with E-state index in [1.54, 1.807) is 41.3 Å². The summed E-state index contributed by atoms with van der Waals surface area (Å²) >= 11 is 0. The molecule has 0 bridgehead atoms. The van der Waals surface area contributed by atoms with Crippen LogP contribution in [0.25, 0.3) is 0 Å². The Morgan fingerprint density at radius 1 is 1.14 bits per heavy atom. The van der Waals surface area contributed by atoms with Crippen molar-refractivity contribution in [2.75, 3.05) is 18.4 Å². The largest absolute Gasteiger partial charge is 0.331 e. The van der Waals surface area contributed by atoms with Gasteiger partial charge in [0.2, 0.25) is 5.91 Å².